The van der Waals surface area contributed by atoms with Gasteiger partial charge < -0.3 is 15.9 Å². The van der Waals surface area contributed by atoms with Gasteiger partial charge in [-0.3, -0.25) is 5.73 Å². The number of aliphatic hydroxyl groups is 2. The molecule has 84 valence electrons. The first-order chi connectivity index (χ1) is 5.06. The van der Waals surface area contributed by atoms with Crippen molar-refractivity contribution in [2.24, 2.45) is 11.5 Å². The summed E-state index contributed by atoms with van der Waals surface area (Å²) in [5, 5.41) is 18.2. The van der Waals surface area contributed by atoms with Crippen LogP contribution in [0.5, 0.6) is 0 Å². The molecule has 0 aliphatic rings. The van der Waals surface area contributed by atoms with Gasteiger partial charge in [0.2, 0.25) is 5.91 Å². The van der Waals surface area contributed by atoms with Gasteiger partial charge in [0.15, 0.2) is 0 Å². The molecule has 0 aliphatic carbocycles. The van der Waals surface area contributed by atoms with Crippen molar-refractivity contribution in [2.75, 3.05) is 0 Å². The summed E-state index contributed by atoms with van der Waals surface area (Å²) in [6, 6.07) is 0. The Balaban J connectivity index is 0. The summed E-state index contributed by atoms with van der Waals surface area (Å²) in [5.74, 6) is -2.60. The molecule has 0 saturated carbocycles. The van der Waals surface area contributed by atoms with Gasteiger partial charge in [0, 0.05) is 21.1 Å². The zero-order valence-corrected chi connectivity index (χ0v) is 11.1. The van der Waals surface area contributed by atoms with Gasteiger partial charge in [0.1, 0.15) is 9.87 Å². The monoisotopic (exact) mass is 411 g/mol. The molecule has 1 atom stereocenters. The van der Waals surface area contributed by atoms with Crippen LogP contribution in [0.2, 0.25) is 0 Å². The molecule has 7 heteroatoms. The van der Waals surface area contributed by atoms with Gasteiger partial charge in [-0.05, 0) is 13.3 Å². The average molecular weight is 412 g/mol. The first kappa shape index (κ1) is 16.5. The van der Waals surface area contributed by atoms with Crippen LogP contribution >= 0.6 is 23.2 Å². The number of rotatable bonds is 3. The zero-order chi connectivity index (χ0) is 10.2. The molecule has 4 nitrogen and oxygen atoms in total. The molecule has 1 unspecified atom stereocenters. The van der Waals surface area contributed by atoms with Crippen LogP contribution in [0.1, 0.15) is 20.3 Å². The second-order valence-corrected chi connectivity index (χ2v) is 4.64. The van der Waals surface area contributed by atoms with Gasteiger partial charge in [0.05, 0.1) is 0 Å². The second kappa shape index (κ2) is 4.75. The first-order valence-corrected chi connectivity index (χ1v) is 4.22. The van der Waals surface area contributed by atoms with Gasteiger partial charge in [-0.1, -0.05) is 30.1 Å². The topological polar surface area (TPSA) is 92.5 Å². The van der Waals surface area contributed by atoms with Gasteiger partial charge in [0.25, 0.3) is 0 Å². The number of nitrogens with two attached hydrogens (primary N) is 2. The maximum Gasteiger partial charge on any atom is 0.241 e. The van der Waals surface area contributed by atoms with E-state index >= 15 is 0 Å². The van der Waals surface area contributed by atoms with Crippen LogP contribution in [0.15, 0.2) is 0 Å². The normalized spacial score (nSPS) is 17.5. The molecular weight excluding hydrogens is 398 g/mol. The van der Waals surface area contributed by atoms with Crippen molar-refractivity contribution in [2.45, 2.75) is 36.1 Å². The maximum atomic E-state index is 9.11. The zero-order valence-electron chi connectivity index (χ0n) is 7.33. The van der Waals surface area contributed by atoms with Crippen molar-refractivity contribution in [1.29, 1.82) is 0 Å². The molecule has 0 aliphatic heterocycles. The molecule has 0 saturated heterocycles. The fraction of sp³-hybridized carbons (Fsp3) is 1.00. The van der Waals surface area contributed by atoms with Crippen molar-refractivity contribution in [3.8, 4) is 0 Å². The van der Waals surface area contributed by atoms with E-state index in [0.717, 1.165) is 0 Å². The Morgan fingerprint density at radius 3 is 1.54 bits per heavy atom. The van der Waals surface area contributed by atoms with Crippen LogP contribution in [-0.2, 0) is 21.1 Å². The van der Waals surface area contributed by atoms with Gasteiger partial charge in [-0.25, -0.2) is 0 Å². The summed E-state index contributed by atoms with van der Waals surface area (Å²) in [7, 11) is 0. The molecular formula is C6H14Cl2N2O2Pt. The summed E-state index contributed by atoms with van der Waals surface area (Å²) in [4.78, 5) is 0. The summed E-state index contributed by atoms with van der Waals surface area (Å²) in [6.07, 6.45) is 0.139. The Labute approximate surface area is 102 Å². The molecule has 0 aromatic rings. The van der Waals surface area contributed by atoms with E-state index in [0.29, 0.717) is 0 Å². The maximum absolute atomic E-state index is 9.11. The molecule has 0 spiro atoms. The summed E-state index contributed by atoms with van der Waals surface area (Å²) >= 11 is 11.3. The predicted molar refractivity (Wildman–Crippen MR) is 48.7 cm³/mol. The third-order valence-electron chi connectivity index (χ3n) is 2.00. The molecule has 0 aromatic heterocycles. The molecule has 0 fully saturated rings. The molecule has 13 heavy (non-hydrogen) atoms. The third kappa shape index (κ3) is 3.31. The average Bonchev–Trinajstić information content (AvgIpc) is 1.81. The number of hydrogen-bond acceptors (Lipinski definition) is 4. The Kier molecular flexibility index (Phi) is 6.05. The molecule has 0 radical (unpaired) electrons. The van der Waals surface area contributed by atoms with E-state index in [-0.39, 0.29) is 27.5 Å². The van der Waals surface area contributed by atoms with Crippen LogP contribution in [0.25, 0.3) is 0 Å². The fourth-order valence-corrected chi connectivity index (χ4v) is 1.44. The van der Waals surface area contributed by atoms with Crippen molar-refractivity contribution in [3.63, 3.8) is 0 Å². The first-order valence-electron chi connectivity index (χ1n) is 3.46. The smallest absolute Gasteiger partial charge is 0.241 e. The van der Waals surface area contributed by atoms with Crippen LogP contribution in [0.3, 0.4) is 0 Å². The Morgan fingerprint density at radius 2 is 1.54 bits per heavy atom. The van der Waals surface area contributed by atoms with E-state index in [9.17, 15) is 0 Å². The number of halogens is 2. The molecule has 6 N–H and O–H groups in total. The summed E-state index contributed by atoms with van der Waals surface area (Å²) < 4.78 is -1.51. The Hall–Kier alpha value is 1.11. The van der Waals surface area contributed by atoms with Gasteiger partial charge in [-0.2, -0.15) is 0 Å². The minimum atomic E-state index is -2.60. The molecule has 0 heterocycles. The third-order valence-corrected chi connectivity index (χ3v) is 2.67. The number of alkyl halides is 2. The van der Waals surface area contributed by atoms with Crippen LogP contribution < -0.4 is 11.5 Å². The largest absolute Gasteiger partial charge is 0.352 e. The standard InChI is InChI=1S/C6H14Cl2N2O2.Pt/c1-3-5(9,4(2,7)8)6(10,11)12;/h11-12H,3,9-10H2,1-2H3;. The second-order valence-electron chi connectivity index (χ2n) is 2.94. The van der Waals surface area contributed by atoms with Crippen molar-refractivity contribution < 1.29 is 31.3 Å². The van der Waals surface area contributed by atoms with Crippen molar-refractivity contribution in [3.05, 3.63) is 0 Å². The Morgan fingerprint density at radius 1 is 1.23 bits per heavy atom. The number of hydrogen-bond donors (Lipinski definition) is 4. The minimum Gasteiger partial charge on any atom is -0.352 e. The van der Waals surface area contributed by atoms with Crippen LogP contribution in [0, 0.1) is 0 Å². The molecule has 0 amide bonds. The van der Waals surface area contributed by atoms with Gasteiger partial charge in [-0.15, -0.1) is 0 Å². The van der Waals surface area contributed by atoms with E-state index in [1.54, 1.807) is 6.92 Å². The van der Waals surface area contributed by atoms with E-state index in [2.05, 4.69) is 0 Å². The predicted octanol–water partition coefficient (Wildman–Crippen LogP) is -0.118. The summed E-state index contributed by atoms with van der Waals surface area (Å²) in [5.41, 5.74) is 8.93. The van der Waals surface area contributed by atoms with Crippen LogP contribution in [-0.4, -0.2) is 26.0 Å². The van der Waals surface area contributed by atoms with Crippen molar-refractivity contribution in [1.82, 2.24) is 0 Å². The molecule has 0 bridgehead atoms. The Bertz CT molecular complexity index is 153. The minimum absolute atomic E-state index is 0. The molecule has 0 rings (SSSR count). The fourth-order valence-electron chi connectivity index (χ4n) is 0.894. The van der Waals surface area contributed by atoms with Crippen LogP contribution in [0.4, 0.5) is 0 Å². The van der Waals surface area contributed by atoms with Gasteiger partial charge >= 0.3 is 0 Å². The quantitative estimate of drug-likeness (QED) is 0.385. The van der Waals surface area contributed by atoms with Crippen molar-refractivity contribution >= 4 is 23.2 Å². The van der Waals surface area contributed by atoms with E-state index in [1.165, 1.54) is 6.92 Å². The van der Waals surface area contributed by atoms with E-state index in [1.807, 2.05) is 0 Å². The van der Waals surface area contributed by atoms with E-state index < -0.39 is 15.8 Å². The SMILES string of the molecule is CCC(N)(C(N)(O)O)C(C)(Cl)Cl.[Pt]. The van der Waals surface area contributed by atoms with E-state index in [4.69, 9.17) is 44.9 Å². The summed E-state index contributed by atoms with van der Waals surface area (Å²) in [6.45, 7) is 2.96. The molecule has 0 aromatic carbocycles.